The van der Waals surface area contributed by atoms with E-state index in [4.69, 9.17) is 4.74 Å². The third-order valence-electron chi connectivity index (χ3n) is 7.83. The summed E-state index contributed by atoms with van der Waals surface area (Å²) in [5, 5.41) is 12.5. The summed E-state index contributed by atoms with van der Waals surface area (Å²) in [4.78, 5) is 39.3. The van der Waals surface area contributed by atoms with Crippen LogP contribution in [0.2, 0.25) is 0 Å². The van der Waals surface area contributed by atoms with Crippen molar-refractivity contribution < 1.29 is 24.2 Å². The summed E-state index contributed by atoms with van der Waals surface area (Å²) in [7, 11) is 1.54. The van der Waals surface area contributed by atoms with Crippen LogP contribution in [0, 0.1) is 0 Å². The fourth-order valence-corrected chi connectivity index (χ4v) is 5.47. The molecule has 2 N–H and O–H groups in total. The smallest absolute Gasteiger partial charge is 0.408 e. The zero-order valence-corrected chi connectivity index (χ0v) is 18.7. The first-order chi connectivity index (χ1) is 15.9. The van der Waals surface area contributed by atoms with Crippen LogP contribution in [0.5, 0.6) is 0 Å². The van der Waals surface area contributed by atoms with E-state index in [0.717, 1.165) is 35.1 Å². The molecule has 172 valence electrons. The highest BCUT2D eigenvalue weighted by molar-refractivity contribution is 5.95. The first-order valence-electron chi connectivity index (χ1n) is 11.5. The summed E-state index contributed by atoms with van der Waals surface area (Å²) in [6.45, 7) is 0.166. The highest BCUT2D eigenvalue weighted by atomic mass is 16.5. The Hall–Kier alpha value is -3.35. The van der Waals surface area contributed by atoms with Crippen LogP contribution >= 0.6 is 0 Å². The normalized spacial score (nSPS) is 19.3. The summed E-state index contributed by atoms with van der Waals surface area (Å²) in [5.74, 6) is -1.39. The Morgan fingerprint density at radius 2 is 1.52 bits per heavy atom. The fourth-order valence-electron chi connectivity index (χ4n) is 5.47. The number of nitrogens with one attached hydrogen (secondary N) is 1. The topological polar surface area (TPSA) is 95.9 Å². The van der Waals surface area contributed by atoms with Crippen molar-refractivity contribution in [2.45, 2.75) is 55.5 Å². The number of amides is 2. The van der Waals surface area contributed by atoms with Gasteiger partial charge in [-0.2, -0.15) is 0 Å². The average molecular weight is 449 g/mol. The molecule has 0 aromatic heterocycles. The number of ether oxygens (including phenoxy) is 1. The van der Waals surface area contributed by atoms with Gasteiger partial charge in [0.25, 0.3) is 0 Å². The molecule has 3 aliphatic carbocycles. The quantitative estimate of drug-likeness (QED) is 0.699. The molecule has 0 saturated heterocycles. The number of carboxylic acid groups (broad SMARTS) is 1. The summed E-state index contributed by atoms with van der Waals surface area (Å²) < 4.78 is 5.64. The van der Waals surface area contributed by atoms with Crippen molar-refractivity contribution in [2.24, 2.45) is 0 Å². The minimum absolute atomic E-state index is 0.0656. The SMILES string of the molecule is CN(C(=O)C1(NC(=O)OCC2c3ccccc3-c3ccccc32)CCC1)C1(C(=O)O)CCC1. The number of carbonyl (C=O) groups excluding carboxylic acids is 2. The Morgan fingerprint density at radius 1 is 0.970 bits per heavy atom. The number of aliphatic carboxylic acids is 1. The number of rotatable bonds is 6. The molecule has 0 radical (unpaired) electrons. The van der Waals surface area contributed by atoms with Crippen molar-refractivity contribution in [1.82, 2.24) is 10.2 Å². The number of carbonyl (C=O) groups is 3. The van der Waals surface area contributed by atoms with Gasteiger partial charge in [-0.25, -0.2) is 9.59 Å². The lowest BCUT2D eigenvalue weighted by atomic mass is 9.71. The number of carboxylic acids is 1. The molecular weight excluding hydrogens is 420 g/mol. The molecule has 5 rings (SSSR count). The molecule has 2 saturated carbocycles. The maximum absolute atomic E-state index is 13.3. The molecule has 2 fully saturated rings. The van der Waals surface area contributed by atoms with E-state index in [0.29, 0.717) is 25.7 Å². The van der Waals surface area contributed by atoms with Crippen LogP contribution < -0.4 is 5.32 Å². The molecule has 2 aromatic rings. The number of nitrogens with zero attached hydrogens (tertiary/aromatic N) is 1. The number of hydrogen-bond donors (Lipinski definition) is 2. The van der Waals surface area contributed by atoms with Crippen LogP contribution in [-0.2, 0) is 14.3 Å². The number of hydrogen-bond acceptors (Lipinski definition) is 4. The van der Waals surface area contributed by atoms with E-state index < -0.39 is 23.1 Å². The third kappa shape index (κ3) is 3.29. The van der Waals surface area contributed by atoms with Gasteiger partial charge < -0.3 is 20.1 Å². The maximum Gasteiger partial charge on any atom is 0.408 e. The van der Waals surface area contributed by atoms with E-state index >= 15 is 0 Å². The predicted molar refractivity (Wildman–Crippen MR) is 122 cm³/mol. The van der Waals surface area contributed by atoms with Gasteiger partial charge in [-0.3, -0.25) is 4.79 Å². The second kappa shape index (κ2) is 7.90. The van der Waals surface area contributed by atoms with E-state index in [-0.39, 0.29) is 18.4 Å². The maximum atomic E-state index is 13.3. The van der Waals surface area contributed by atoms with Gasteiger partial charge in [0, 0.05) is 13.0 Å². The Bertz CT molecular complexity index is 1070. The summed E-state index contributed by atoms with van der Waals surface area (Å²) in [5.41, 5.74) is 2.28. The van der Waals surface area contributed by atoms with E-state index in [2.05, 4.69) is 29.6 Å². The van der Waals surface area contributed by atoms with Crippen molar-refractivity contribution in [3.63, 3.8) is 0 Å². The summed E-state index contributed by atoms with van der Waals surface area (Å²) >= 11 is 0. The minimum Gasteiger partial charge on any atom is -0.479 e. The molecule has 7 heteroatoms. The van der Waals surface area contributed by atoms with E-state index in [1.54, 1.807) is 0 Å². The molecule has 0 spiro atoms. The Labute approximate surface area is 192 Å². The lowest BCUT2D eigenvalue weighted by Gasteiger charge is -2.50. The number of alkyl carbamates (subject to hydrolysis) is 1. The highest BCUT2D eigenvalue weighted by Gasteiger charge is 2.56. The molecule has 3 aliphatic rings. The zero-order chi connectivity index (χ0) is 23.2. The van der Waals surface area contributed by atoms with Gasteiger partial charge in [-0.15, -0.1) is 0 Å². The van der Waals surface area contributed by atoms with E-state index in [1.165, 1.54) is 11.9 Å². The fraction of sp³-hybridized carbons (Fsp3) is 0.423. The minimum atomic E-state index is -1.16. The molecule has 0 unspecified atom stereocenters. The van der Waals surface area contributed by atoms with Crippen molar-refractivity contribution >= 4 is 18.0 Å². The molecular formula is C26H28N2O5. The van der Waals surface area contributed by atoms with Gasteiger partial charge in [0.1, 0.15) is 17.7 Å². The van der Waals surface area contributed by atoms with Crippen LogP contribution in [0.15, 0.2) is 48.5 Å². The zero-order valence-electron chi connectivity index (χ0n) is 18.7. The lowest BCUT2D eigenvalue weighted by molar-refractivity contribution is -0.168. The molecule has 0 bridgehead atoms. The van der Waals surface area contributed by atoms with Crippen LogP contribution in [0.3, 0.4) is 0 Å². The number of fused-ring (bicyclic) bond motifs is 3. The van der Waals surface area contributed by atoms with Gasteiger partial charge in [-0.05, 0) is 60.8 Å². The first kappa shape index (κ1) is 21.5. The van der Waals surface area contributed by atoms with Crippen LogP contribution in [0.4, 0.5) is 4.79 Å². The van der Waals surface area contributed by atoms with E-state index in [9.17, 15) is 19.5 Å². The van der Waals surface area contributed by atoms with Gasteiger partial charge in [-0.1, -0.05) is 48.5 Å². The number of likely N-dealkylation sites (N-methyl/N-ethyl adjacent to an activating group) is 1. The molecule has 0 aliphatic heterocycles. The van der Waals surface area contributed by atoms with Gasteiger partial charge in [0.15, 0.2) is 0 Å². The van der Waals surface area contributed by atoms with Gasteiger partial charge >= 0.3 is 12.1 Å². The molecule has 2 amide bonds. The van der Waals surface area contributed by atoms with Crippen LogP contribution in [0.25, 0.3) is 11.1 Å². The van der Waals surface area contributed by atoms with Crippen molar-refractivity contribution in [1.29, 1.82) is 0 Å². The van der Waals surface area contributed by atoms with Gasteiger partial charge in [0.2, 0.25) is 5.91 Å². The van der Waals surface area contributed by atoms with Crippen LogP contribution in [-0.4, -0.2) is 52.7 Å². The van der Waals surface area contributed by atoms with Crippen molar-refractivity contribution in [3.8, 4) is 11.1 Å². The standard InChI is InChI=1S/C26H28N2O5/c1-28(26(23(30)31)14-7-15-26)22(29)25(12-6-13-25)27-24(32)33-16-21-19-10-4-2-8-17(19)18-9-3-5-11-20(18)21/h2-5,8-11,21H,6-7,12-16H2,1H3,(H,27,32)(H,30,31). The monoisotopic (exact) mass is 448 g/mol. The molecule has 0 heterocycles. The molecule has 0 atom stereocenters. The average Bonchev–Trinajstić information content (AvgIpc) is 3.07. The Balaban J connectivity index is 1.28. The van der Waals surface area contributed by atoms with Crippen molar-refractivity contribution in [2.75, 3.05) is 13.7 Å². The number of benzene rings is 2. The molecule has 33 heavy (non-hydrogen) atoms. The lowest BCUT2D eigenvalue weighted by Crippen LogP contribution is -2.69. The largest absolute Gasteiger partial charge is 0.479 e. The Kier molecular flexibility index (Phi) is 5.15. The second-order valence-corrected chi connectivity index (χ2v) is 9.44. The molecule has 7 nitrogen and oxygen atoms in total. The third-order valence-corrected chi connectivity index (χ3v) is 7.83. The second-order valence-electron chi connectivity index (χ2n) is 9.44. The van der Waals surface area contributed by atoms with Gasteiger partial charge in [0.05, 0.1) is 0 Å². The highest BCUT2D eigenvalue weighted by Crippen LogP contribution is 2.45. The van der Waals surface area contributed by atoms with E-state index in [1.807, 2.05) is 24.3 Å². The van der Waals surface area contributed by atoms with Crippen LogP contribution in [0.1, 0.15) is 55.6 Å². The molecule has 2 aromatic carbocycles. The summed E-state index contributed by atoms with van der Waals surface area (Å²) in [6, 6.07) is 16.2. The van der Waals surface area contributed by atoms with Crippen molar-refractivity contribution in [3.05, 3.63) is 59.7 Å². The first-order valence-corrected chi connectivity index (χ1v) is 11.5. The predicted octanol–water partition coefficient (Wildman–Crippen LogP) is 3.91. The summed E-state index contributed by atoms with van der Waals surface area (Å²) in [6.07, 6.45) is 2.76. The Morgan fingerprint density at radius 3 is 1.97 bits per heavy atom.